The highest BCUT2D eigenvalue weighted by Crippen LogP contribution is 2.36. The van der Waals surface area contributed by atoms with Gasteiger partial charge in [0.15, 0.2) is 0 Å². The molecule has 12 heteroatoms. The fourth-order valence-electron chi connectivity index (χ4n) is 4.83. The first kappa shape index (κ1) is 26.0. The number of nitrogens with zero attached hydrogens (tertiary/aromatic N) is 2. The van der Waals surface area contributed by atoms with E-state index in [4.69, 9.17) is 0 Å². The zero-order valence-electron chi connectivity index (χ0n) is 20.0. The summed E-state index contributed by atoms with van der Waals surface area (Å²) < 4.78 is 40.1. The summed E-state index contributed by atoms with van der Waals surface area (Å²) in [6.45, 7) is 1.93. The van der Waals surface area contributed by atoms with Crippen molar-refractivity contribution in [3.05, 3.63) is 69.6 Å². The number of thioether (sulfide) groups is 1. The summed E-state index contributed by atoms with van der Waals surface area (Å²) in [5, 5.41) is 4.94. The van der Waals surface area contributed by atoms with Gasteiger partial charge in [0.2, 0.25) is 0 Å². The first-order valence-corrected chi connectivity index (χ1v) is 12.8. The van der Waals surface area contributed by atoms with Gasteiger partial charge in [0, 0.05) is 31.4 Å². The van der Waals surface area contributed by atoms with Gasteiger partial charge in [0.05, 0.1) is 21.6 Å². The van der Waals surface area contributed by atoms with Crippen molar-refractivity contribution >= 4 is 46.5 Å². The van der Waals surface area contributed by atoms with Gasteiger partial charge in [-0.15, -0.1) is 0 Å². The number of amides is 4. The van der Waals surface area contributed by atoms with E-state index >= 15 is 0 Å². The number of carbonyl (C=O) groups is 4. The molecule has 8 nitrogen and oxygen atoms in total. The SMILES string of the molecule is O=C1NC(=O)/C(=C/c2cc(C(F)(F)F)ccc2N2CC[C@H](NCCCN3C(=O)c4ccccc4C3=O)C2)S1. The lowest BCUT2D eigenvalue weighted by atomic mass is 10.1. The second-order valence-electron chi connectivity index (χ2n) is 9.17. The van der Waals surface area contributed by atoms with Crippen LogP contribution in [0.3, 0.4) is 0 Å². The predicted octanol–water partition coefficient (Wildman–Crippen LogP) is 3.88. The van der Waals surface area contributed by atoms with Crippen LogP contribution in [0.1, 0.15) is 44.7 Å². The number of fused-ring (bicyclic) bond motifs is 1. The smallest absolute Gasteiger partial charge is 0.369 e. The van der Waals surface area contributed by atoms with E-state index in [1.54, 1.807) is 24.3 Å². The quantitative estimate of drug-likeness (QED) is 0.310. The molecule has 38 heavy (non-hydrogen) atoms. The van der Waals surface area contributed by atoms with Crippen molar-refractivity contribution in [2.75, 3.05) is 31.1 Å². The Morgan fingerprint density at radius 1 is 1.05 bits per heavy atom. The van der Waals surface area contributed by atoms with Crippen molar-refractivity contribution in [2.45, 2.75) is 25.1 Å². The number of rotatable bonds is 7. The highest BCUT2D eigenvalue weighted by Gasteiger charge is 2.35. The molecule has 0 unspecified atom stereocenters. The Bertz CT molecular complexity index is 1330. The number of imide groups is 2. The molecule has 3 aliphatic heterocycles. The largest absolute Gasteiger partial charge is 0.416 e. The van der Waals surface area contributed by atoms with Crippen molar-refractivity contribution in [2.24, 2.45) is 0 Å². The number of anilines is 1. The lowest BCUT2D eigenvalue weighted by molar-refractivity contribution is -0.137. The van der Waals surface area contributed by atoms with Crippen molar-refractivity contribution < 1.29 is 32.3 Å². The maximum atomic E-state index is 13.4. The van der Waals surface area contributed by atoms with Gasteiger partial charge in [-0.1, -0.05) is 12.1 Å². The summed E-state index contributed by atoms with van der Waals surface area (Å²) in [5.74, 6) is -1.22. The molecular formula is C26H23F3N4O4S. The van der Waals surface area contributed by atoms with E-state index in [0.29, 0.717) is 54.6 Å². The Labute approximate surface area is 220 Å². The maximum absolute atomic E-state index is 13.4. The number of alkyl halides is 3. The van der Waals surface area contributed by atoms with Crippen molar-refractivity contribution in [1.29, 1.82) is 0 Å². The lowest BCUT2D eigenvalue weighted by Crippen LogP contribution is -2.36. The number of hydrogen-bond acceptors (Lipinski definition) is 7. The first-order chi connectivity index (χ1) is 18.1. The molecule has 1 atom stereocenters. The van der Waals surface area contributed by atoms with E-state index in [9.17, 15) is 32.3 Å². The highest BCUT2D eigenvalue weighted by atomic mass is 32.2. The van der Waals surface area contributed by atoms with Crippen LogP contribution in [0, 0.1) is 0 Å². The lowest BCUT2D eigenvalue weighted by Gasteiger charge is -2.23. The fourth-order valence-corrected chi connectivity index (χ4v) is 5.50. The number of hydrogen-bond donors (Lipinski definition) is 2. The Hall–Kier alpha value is -3.64. The van der Waals surface area contributed by atoms with Crippen LogP contribution in [-0.2, 0) is 11.0 Å². The predicted molar refractivity (Wildman–Crippen MR) is 136 cm³/mol. The molecule has 3 heterocycles. The van der Waals surface area contributed by atoms with Crippen molar-refractivity contribution in [3.63, 3.8) is 0 Å². The number of halogens is 3. The van der Waals surface area contributed by atoms with Gasteiger partial charge in [-0.05, 0) is 73.1 Å². The Morgan fingerprint density at radius 2 is 1.76 bits per heavy atom. The second-order valence-corrected chi connectivity index (χ2v) is 10.2. The molecule has 2 aromatic carbocycles. The van der Waals surface area contributed by atoms with Crippen LogP contribution >= 0.6 is 11.8 Å². The molecule has 0 radical (unpaired) electrons. The third-order valence-corrected chi connectivity index (χ3v) is 7.49. The molecule has 0 aromatic heterocycles. The van der Waals surface area contributed by atoms with Crippen LogP contribution in [-0.4, -0.2) is 60.1 Å². The van der Waals surface area contributed by atoms with Gasteiger partial charge in [0.25, 0.3) is 23.0 Å². The Balaban J connectivity index is 1.21. The fraction of sp³-hybridized carbons (Fsp3) is 0.308. The standard InChI is InChI=1S/C26H23F3N4O4S/c27-26(28,29)16-6-7-20(15(12-16)13-21-22(34)31-25(37)38-21)32-11-8-17(14-32)30-9-3-10-33-23(35)18-4-1-2-5-19(18)24(33)36/h1-2,4-7,12-13,17,30H,3,8-11,14H2,(H,31,34,37)/b21-13-/t17-/m0/s1. The van der Waals surface area contributed by atoms with Crippen molar-refractivity contribution in [3.8, 4) is 0 Å². The molecule has 3 aliphatic rings. The maximum Gasteiger partial charge on any atom is 0.416 e. The zero-order valence-corrected chi connectivity index (χ0v) is 20.8. The topological polar surface area (TPSA) is 98.8 Å². The average Bonchev–Trinajstić information content (AvgIpc) is 3.54. The molecule has 2 aromatic rings. The number of carbonyl (C=O) groups excluding carboxylic acids is 4. The van der Waals surface area contributed by atoms with Crippen LogP contribution in [0.4, 0.5) is 23.7 Å². The average molecular weight is 545 g/mol. The summed E-state index contributed by atoms with van der Waals surface area (Å²) in [6, 6.07) is 10.2. The number of benzene rings is 2. The van der Waals surface area contributed by atoms with Crippen LogP contribution < -0.4 is 15.5 Å². The van der Waals surface area contributed by atoms with E-state index in [2.05, 4.69) is 10.6 Å². The van der Waals surface area contributed by atoms with Gasteiger partial charge in [-0.3, -0.25) is 29.4 Å². The molecule has 0 aliphatic carbocycles. The van der Waals surface area contributed by atoms with Crippen LogP contribution in [0.2, 0.25) is 0 Å². The third kappa shape index (κ3) is 5.18. The van der Waals surface area contributed by atoms with Gasteiger partial charge in [-0.25, -0.2) is 0 Å². The van der Waals surface area contributed by atoms with Gasteiger partial charge in [0.1, 0.15) is 0 Å². The summed E-state index contributed by atoms with van der Waals surface area (Å²) in [7, 11) is 0. The normalized spacial score (nSPS) is 20.6. The summed E-state index contributed by atoms with van der Waals surface area (Å²) in [4.78, 5) is 51.7. The van der Waals surface area contributed by atoms with E-state index in [1.807, 2.05) is 4.90 Å². The summed E-state index contributed by atoms with van der Waals surface area (Å²) >= 11 is 0.651. The Kier molecular flexibility index (Phi) is 7.01. The molecule has 5 rings (SSSR count). The van der Waals surface area contributed by atoms with Crippen LogP contribution in [0.25, 0.3) is 6.08 Å². The molecule has 4 amide bonds. The van der Waals surface area contributed by atoms with E-state index in [1.165, 1.54) is 17.0 Å². The molecule has 2 fully saturated rings. The second kappa shape index (κ2) is 10.3. The summed E-state index contributed by atoms with van der Waals surface area (Å²) in [6.07, 6.45) is -1.95. The first-order valence-electron chi connectivity index (χ1n) is 12.0. The minimum Gasteiger partial charge on any atom is -0.369 e. The minimum atomic E-state index is -4.55. The van der Waals surface area contributed by atoms with Gasteiger partial charge >= 0.3 is 6.18 Å². The zero-order chi connectivity index (χ0) is 27.0. The highest BCUT2D eigenvalue weighted by molar-refractivity contribution is 8.18. The van der Waals surface area contributed by atoms with Gasteiger partial charge in [-0.2, -0.15) is 13.2 Å². The van der Waals surface area contributed by atoms with Crippen LogP contribution in [0.5, 0.6) is 0 Å². The molecule has 198 valence electrons. The molecule has 0 bridgehead atoms. The van der Waals surface area contributed by atoms with Crippen LogP contribution in [0.15, 0.2) is 47.4 Å². The van der Waals surface area contributed by atoms with E-state index in [-0.39, 0.29) is 34.9 Å². The molecule has 0 spiro atoms. The van der Waals surface area contributed by atoms with E-state index in [0.717, 1.165) is 18.6 Å². The minimum absolute atomic E-state index is 0.0394. The van der Waals surface area contributed by atoms with E-state index < -0.39 is 22.9 Å². The molecular weight excluding hydrogens is 521 g/mol. The van der Waals surface area contributed by atoms with Crippen molar-refractivity contribution in [1.82, 2.24) is 15.5 Å². The van der Waals surface area contributed by atoms with Gasteiger partial charge < -0.3 is 10.2 Å². The Morgan fingerprint density at radius 3 is 2.39 bits per heavy atom. The monoisotopic (exact) mass is 544 g/mol. The number of nitrogens with one attached hydrogen (secondary N) is 2. The molecule has 0 saturated carbocycles. The third-order valence-electron chi connectivity index (χ3n) is 6.68. The molecule has 2 N–H and O–H groups in total. The summed E-state index contributed by atoms with van der Waals surface area (Å²) in [5.41, 5.74) is 0.728. The molecule has 2 saturated heterocycles.